The first-order valence-electron chi connectivity index (χ1n) is 3.91. The van der Waals surface area contributed by atoms with E-state index in [-0.39, 0.29) is 11.3 Å². The summed E-state index contributed by atoms with van der Waals surface area (Å²) in [5.41, 5.74) is -0.216. The van der Waals surface area contributed by atoms with Crippen molar-refractivity contribution in [1.82, 2.24) is 5.32 Å². The molecule has 2 heterocycles. The quantitative estimate of drug-likeness (QED) is 0.560. The first-order chi connectivity index (χ1) is 5.72. The molecule has 0 aromatic rings. The fraction of sp³-hybridized carbons (Fsp3) is 0.714. The summed E-state index contributed by atoms with van der Waals surface area (Å²) >= 11 is 0. The van der Waals surface area contributed by atoms with E-state index >= 15 is 0 Å². The van der Waals surface area contributed by atoms with Crippen LogP contribution in [0.15, 0.2) is 5.16 Å². The van der Waals surface area contributed by atoms with E-state index in [0.717, 1.165) is 13.0 Å². The largest absolute Gasteiger partial charge is 0.477 e. The lowest BCUT2D eigenvalue weighted by Gasteiger charge is -2.17. The summed E-state index contributed by atoms with van der Waals surface area (Å²) in [7, 11) is 0. The van der Waals surface area contributed by atoms with Gasteiger partial charge in [-0.1, -0.05) is 5.16 Å². The number of hydrogen-bond acceptors (Lipinski definition) is 4. The van der Waals surface area contributed by atoms with Crippen molar-refractivity contribution in [2.75, 3.05) is 13.1 Å². The van der Waals surface area contributed by atoms with Gasteiger partial charge in [-0.25, -0.2) is 4.79 Å². The van der Waals surface area contributed by atoms with Crippen molar-refractivity contribution in [3.05, 3.63) is 0 Å². The van der Waals surface area contributed by atoms with Gasteiger partial charge < -0.3 is 15.3 Å². The molecule has 0 saturated carbocycles. The van der Waals surface area contributed by atoms with E-state index in [1.165, 1.54) is 0 Å². The number of nitrogens with one attached hydrogen (secondary N) is 1. The molecule has 0 radical (unpaired) electrons. The first kappa shape index (κ1) is 7.54. The lowest BCUT2D eigenvalue weighted by Crippen LogP contribution is -2.32. The van der Waals surface area contributed by atoms with Crippen LogP contribution in [0.3, 0.4) is 0 Å². The fourth-order valence-corrected chi connectivity index (χ4v) is 1.59. The van der Waals surface area contributed by atoms with E-state index in [1.54, 1.807) is 0 Å². The molecule has 0 aromatic carbocycles. The fourth-order valence-electron chi connectivity index (χ4n) is 1.59. The SMILES string of the molecule is O=C(O)C1=NOC2(CCNC2)C1. The molecule has 2 N–H and O–H groups in total. The van der Waals surface area contributed by atoms with Gasteiger partial charge in [-0.05, 0) is 6.54 Å². The standard InChI is InChI=1S/C7H10N2O3/c10-6(11)5-3-7(12-9-5)1-2-8-4-7/h8H,1-4H2,(H,10,11). The molecule has 66 valence electrons. The number of carboxylic acid groups (broad SMARTS) is 1. The van der Waals surface area contributed by atoms with Gasteiger partial charge in [0.15, 0.2) is 11.3 Å². The van der Waals surface area contributed by atoms with Crippen LogP contribution in [-0.2, 0) is 9.63 Å². The van der Waals surface area contributed by atoms with Crippen LogP contribution in [0.4, 0.5) is 0 Å². The van der Waals surface area contributed by atoms with Crippen LogP contribution in [0, 0.1) is 0 Å². The van der Waals surface area contributed by atoms with E-state index in [4.69, 9.17) is 9.94 Å². The maximum Gasteiger partial charge on any atom is 0.353 e. The van der Waals surface area contributed by atoms with Gasteiger partial charge >= 0.3 is 5.97 Å². The van der Waals surface area contributed by atoms with Crippen molar-refractivity contribution >= 4 is 11.7 Å². The summed E-state index contributed by atoms with van der Waals surface area (Å²) in [6.07, 6.45) is 1.27. The third-order valence-electron chi connectivity index (χ3n) is 2.29. The van der Waals surface area contributed by atoms with Crippen molar-refractivity contribution in [2.45, 2.75) is 18.4 Å². The Morgan fingerprint density at radius 2 is 2.58 bits per heavy atom. The zero-order chi connectivity index (χ0) is 8.60. The summed E-state index contributed by atoms with van der Waals surface area (Å²) < 4.78 is 0. The summed E-state index contributed by atoms with van der Waals surface area (Å²) in [5, 5.41) is 15.3. The van der Waals surface area contributed by atoms with E-state index in [2.05, 4.69) is 10.5 Å². The summed E-state index contributed by atoms with van der Waals surface area (Å²) in [5.74, 6) is -0.973. The van der Waals surface area contributed by atoms with Crippen LogP contribution in [0.25, 0.3) is 0 Å². The van der Waals surface area contributed by atoms with E-state index < -0.39 is 5.97 Å². The highest BCUT2D eigenvalue weighted by Gasteiger charge is 2.43. The highest BCUT2D eigenvalue weighted by molar-refractivity contribution is 6.36. The molecule has 1 atom stereocenters. The van der Waals surface area contributed by atoms with Crippen molar-refractivity contribution in [1.29, 1.82) is 0 Å². The minimum Gasteiger partial charge on any atom is -0.477 e. The number of rotatable bonds is 1. The lowest BCUT2D eigenvalue weighted by atomic mass is 9.97. The van der Waals surface area contributed by atoms with Crippen molar-refractivity contribution in [3.63, 3.8) is 0 Å². The Kier molecular flexibility index (Phi) is 1.54. The molecule has 5 nitrogen and oxygen atoms in total. The Hall–Kier alpha value is -1.10. The minimum absolute atomic E-state index is 0.138. The number of carboxylic acids is 1. The normalized spacial score (nSPS) is 33.5. The Bertz CT molecular complexity index is 243. The third kappa shape index (κ3) is 1.06. The molecule has 1 spiro atoms. The van der Waals surface area contributed by atoms with Crippen LogP contribution in [0.2, 0.25) is 0 Å². The smallest absolute Gasteiger partial charge is 0.353 e. The minimum atomic E-state index is -0.973. The molecule has 12 heavy (non-hydrogen) atoms. The predicted octanol–water partition coefficient (Wildman–Crippen LogP) is -0.421. The van der Waals surface area contributed by atoms with Gasteiger partial charge in [0, 0.05) is 19.4 Å². The number of aliphatic carboxylic acids is 1. The maximum absolute atomic E-state index is 10.5. The van der Waals surface area contributed by atoms with Gasteiger partial charge in [-0.2, -0.15) is 0 Å². The molecule has 2 aliphatic rings. The molecule has 1 saturated heterocycles. The van der Waals surface area contributed by atoms with Crippen molar-refractivity contribution < 1.29 is 14.7 Å². The van der Waals surface area contributed by atoms with Crippen LogP contribution in [0.5, 0.6) is 0 Å². The molecule has 0 bridgehead atoms. The summed E-state index contributed by atoms with van der Waals surface area (Å²) in [6.45, 7) is 1.58. The Labute approximate surface area is 69.4 Å². The predicted molar refractivity (Wildman–Crippen MR) is 41.0 cm³/mol. The van der Waals surface area contributed by atoms with Gasteiger partial charge in [0.2, 0.25) is 0 Å². The number of hydrogen-bond donors (Lipinski definition) is 2. The molecule has 2 rings (SSSR count). The zero-order valence-electron chi connectivity index (χ0n) is 6.54. The van der Waals surface area contributed by atoms with Gasteiger partial charge in [0.25, 0.3) is 0 Å². The van der Waals surface area contributed by atoms with E-state index in [9.17, 15) is 4.79 Å². The Balaban J connectivity index is 2.06. The second-order valence-electron chi connectivity index (χ2n) is 3.22. The average Bonchev–Trinajstić information content (AvgIpc) is 2.62. The first-order valence-corrected chi connectivity index (χ1v) is 3.91. The second kappa shape index (κ2) is 2.45. The number of carbonyl (C=O) groups is 1. The molecular formula is C7H10N2O3. The topological polar surface area (TPSA) is 70.9 Å². The molecule has 5 heteroatoms. The molecule has 0 aliphatic carbocycles. The molecule has 1 fully saturated rings. The Morgan fingerprint density at radius 3 is 3.08 bits per heavy atom. The van der Waals surface area contributed by atoms with Crippen molar-refractivity contribution in [3.8, 4) is 0 Å². The molecular weight excluding hydrogens is 160 g/mol. The number of nitrogens with zero attached hydrogens (tertiary/aromatic N) is 1. The van der Waals surface area contributed by atoms with Crippen molar-refractivity contribution in [2.24, 2.45) is 5.16 Å². The van der Waals surface area contributed by atoms with Crippen LogP contribution in [-0.4, -0.2) is 35.5 Å². The summed E-state index contributed by atoms with van der Waals surface area (Å²) in [4.78, 5) is 15.6. The van der Waals surface area contributed by atoms with E-state index in [0.29, 0.717) is 13.0 Å². The van der Waals surface area contributed by atoms with Gasteiger partial charge in [0.05, 0.1) is 0 Å². The monoisotopic (exact) mass is 170 g/mol. The highest BCUT2D eigenvalue weighted by Crippen LogP contribution is 2.29. The van der Waals surface area contributed by atoms with Gasteiger partial charge in [-0.3, -0.25) is 0 Å². The van der Waals surface area contributed by atoms with Crippen LogP contribution >= 0.6 is 0 Å². The third-order valence-corrected chi connectivity index (χ3v) is 2.29. The van der Waals surface area contributed by atoms with Gasteiger partial charge in [-0.15, -0.1) is 0 Å². The number of oxime groups is 1. The van der Waals surface area contributed by atoms with Gasteiger partial charge in [0.1, 0.15) is 0 Å². The van der Waals surface area contributed by atoms with E-state index in [1.807, 2.05) is 0 Å². The molecule has 2 aliphatic heterocycles. The molecule has 0 aromatic heterocycles. The molecule has 1 unspecified atom stereocenters. The highest BCUT2D eigenvalue weighted by atomic mass is 16.7. The second-order valence-corrected chi connectivity index (χ2v) is 3.22. The molecule has 0 amide bonds. The van der Waals surface area contributed by atoms with Crippen LogP contribution < -0.4 is 5.32 Å². The maximum atomic E-state index is 10.5. The summed E-state index contributed by atoms with van der Waals surface area (Å²) in [6, 6.07) is 0. The lowest BCUT2D eigenvalue weighted by molar-refractivity contribution is -0.129. The van der Waals surface area contributed by atoms with Crippen LogP contribution in [0.1, 0.15) is 12.8 Å². The Morgan fingerprint density at radius 1 is 1.75 bits per heavy atom. The average molecular weight is 170 g/mol. The zero-order valence-corrected chi connectivity index (χ0v) is 6.54.